The number of rotatable bonds is 6. The van der Waals surface area contributed by atoms with Crippen LogP contribution in [0.1, 0.15) is 50.1 Å². The lowest BCUT2D eigenvalue weighted by atomic mass is 9.90. The highest BCUT2D eigenvalue weighted by Gasteiger charge is 2.48. The minimum atomic E-state index is -1.10. The van der Waals surface area contributed by atoms with E-state index in [1.165, 1.54) is 11.0 Å². The van der Waals surface area contributed by atoms with E-state index in [9.17, 15) is 19.8 Å². The Morgan fingerprint density at radius 1 is 1.30 bits per heavy atom. The van der Waals surface area contributed by atoms with Crippen LogP contribution in [0.5, 0.6) is 5.88 Å². The molecule has 2 aliphatic rings. The molecular weight excluding hydrogens is 494 g/mol. The Hall–Kier alpha value is -3.57. The highest BCUT2D eigenvalue weighted by Crippen LogP contribution is 2.35. The third-order valence-electron chi connectivity index (χ3n) is 7.13. The summed E-state index contributed by atoms with van der Waals surface area (Å²) in [7, 11) is 0. The summed E-state index contributed by atoms with van der Waals surface area (Å²) in [5, 5.41) is 26.9. The minimum Gasteiger partial charge on any atom is -0.491 e. The largest absolute Gasteiger partial charge is 0.491 e. The predicted octanol–water partition coefficient (Wildman–Crippen LogP) is 2.96. The Bertz CT molecular complexity index is 1360. The number of aliphatic hydroxyl groups is 1. The van der Waals surface area contributed by atoms with Crippen LogP contribution in [0.25, 0.3) is 10.4 Å². The monoisotopic (exact) mass is 523 g/mol. The van der Waals surface area contributed by atoms with E-state index in [0.717, 1.165) is 21.7 Å². The first-order valence-electron chi connectivity index (χ1n) is 12.1. The lowest BCUT2D eigenvalue weighted by Gasteiger charge is -2.31. The summed E-state index contributed by atoms with van der Waals surface area (Å²) in [6.07, 6.45) is -0.518. The van der Waals surface area contributed by atoms with E-state index in [-0.39, 0.29) is 42.3 Å². The number of aromatic nitrogens is 2. The average Bonchev–Trinajstić information content (AvgIpc) is 3.62. The van der Waals surface area contributed by atoms with Gasteiger partial charge in [-0.25, -0.2) is 4.98 Å². The molecule has 5 rings (SSSR count). The fourth-order valence-corrected chi connectivity index (χ4v) is 5.91. The molecule has 3 aromatic rings. The molecular formula is C26H29N5O5S. The first kappa shape index (κ1) is 25.1. The van der Waals surface area contributed by atoms with E-state index >= 15 is 0 Å². The van der Waals surface area contributed by atoms with Crippen LogP contribution in [-0.2, 0) is 15.1 Å². The van der Waals surface area contributed by atoms with Crippen molar-refractivity contribution in [2.75, 3.05) is 6.54 Å². The third-order valence-corrected chi connectivity index (χ3v) is 8.11. The molecule has 11 heteroatoms. The molecule has 2 amide bonds. The topological polar surface area (TPSA) is 141 Å². The van der Waals surface area contributed by atoms with Gasteiger partial charge in [0.25, 0.3) is 11.8 Å². The van der Waals surface area contributed by atoms with Gasteiger partial charge in [0.2, 0.25) is 5.91 Å². The van der Waals surface area contributed by atoms with Crippen LogP contribution in [0.15, 0.2) is 45.4 Å². The number of amides is 2. The molecule has 3 N–H and O–H groups in total. The lowest BCUT2D eigenvalue weighted by Crippen LogP contribution is -2.51. The minimum absolute atomic E-state index is 0.0986. The molecule has 2 aromatic heterocycles. The number of hydrogen-bond donors (Lipinski definition) is 3. The Labute approximate surface area is 218 Å². The summed E-state index contributed by atoms with van der Waals surface area (Å²) in [5.74, 6) is -1.23. The van der Waals surface area contributed by atoms with Crippen molar-refractivity contribution in [3.63, 3.8) is 0 Å². The predicted molar refractivity (Wildman–Crippen MR) is 137 cm³/mol. The van der Waals surface area contributed by atoms with Crippen molar-refractivity contribution in [2.24, 2.45) is 10.9 Å². The molecule has 0 saturated carbocycles. The highest BCUT2D eigenvalue weighted by atomic mass is 32.1. The fourth-order valence-electron chi connectivity index (χ4n) is 5.10. The van der Waals surface area contributed by atoms with Gasteiger partial charge in [-0.2, -0.15) is 4.99 Å². The van der Waals surface area contributed by atoms with Gasteiger partial charge in [0.05, 0.1) is 28.2 Å². The van der Waals surface area contributed by atoms with Crippen molar-refractivity contribution in [1.29, 1.82) is 0 Å². The molecule has 0 spiro atoms. The Morgan fingerprint density at radius 3 is 2.62 bits per heavy atom. The van der Waals surface area contributed by atoms with E-state index in [4.69, 9.17) is 4.52 Å². The van der Waals surface area contributed by atoms with Crippen molar-refractivity contribution in [3.05, 3.63) is 52.9 Å². The Morgan fingerprint density at radius 2 is 2.03 bits per heavy atom. The van der Waals surface area contributed by atoms with Gasteiger partial charge in [-0.1, -0.05) is 38.1 Å². The number of aliphatic hydroxyl groups excluding tert-OH is 1. The average molecular weight is 524 g/mol. The molecule has 2 aliphatic heterocycles. The number of β-amino-alcohol motifs (C(OH)–C–C–N with tert-alkyl or cyclic N) is 1. The van der Waals surface area contributed by atoms with E-state index < -0.39 is 23.6 Å². The third kappa shape index (κ3) is 4.42. The number of benzene rings is 1. The molecule has 1 aromatic carbocycles. The lowest BCUT2D eigenvalue weighted by molar-refractivity contribution is -0.134. The summed E-state index contributed by atoms with van der Waals surface area (Å²) in [6, 6.07) is 8.44. The van der Waals surface area contributed by atoms with Gasteiger partial charge in [0.1, 0.15) is 17.3 Å². The molecule has 4 atom stereocenters. The van der Waals surface area contributed by atoms with Crippen molar-refractivity contribution in [3.8, 4) is 16.3 Å². The van der Waals surface area contributed by atoms with Crippen molar-refractivity contribution in [1.82, 2.24) is 20.4 Å². The molecule has 0 bridgehead atoms. The Kier molecular flexibility index (Phi) is 6.36. The first-order chi connectivity index (χ1) is 17.6. The number of nitrogens with one attached hydrogen (secondary N) is 1. The number of aryl methyl sites for hydroxylation is 1. The summed E-state index contributed by atoms with van der Waals surface area (Å²) in [4.78, 5) is 38.1. The number of thiazole rings is 1. The number of hydrogen-bond acceptors (Lipinski definition) is 9. The van der Waals surface area contributed by atoms with Crippen LogP contribution < -0.4 is 5.32 Å². The summed E-state index contributed by atoms with van der Waals surface area (Å²) in [5.41, 5.74) is 3.42. The van der Waals surface area contributed by atoms with E-state index in [1.54, 1.807) is 23.8 Å². The smallest absolute Gasteiger partial charge is 0.277 e. The summed E-state index contributed by atoms with van der Waals surface area (Å²) in [6.45, 7) is 7.56. The Balaban J connectivity index is 1.39. The van der Waals surface area contributed by atoms with Gasteiger partial charge in [0.15, 0.2) is 5.76 Å². The summed E-state index contributed by atoms with van der Waals surface area (Å²) < 4.78 is 5.19. The van der Waals surface area contributed by atoms with Crippen LogP contribution in [-0.4, -0.2) is 61.6 Å². The maximum atomic E-state index is 13.7. The fraction of sp³-hybridized carbons (Fsp3) is 0.423. The number of likely N-dealkylation sites (tertiary alicyclic amines) is 1. The quantitative estimate of drug-likeness (QED) is 0.448. The van der Waals surface area contributed by atoms with Gasteiger partial charge >= 0.3 is 0 Å². The molecule has 37 heavy (non-hydrogen) atoms. The molecule has 0 radical (unpaired) electrons. The zero-order valence-electron chi connectivity index (χ0n) is 21.0. The van der Waals surface area contributed by atoms with Gasteiger partial charge < -0.3 is 25.0 Å². The highest BCUT2D eigenvalue weighted by molar-refractivity contribution is 7.13. The maximum absolute atomic E-state index is 13.7. The standard InChI is InChI=1S/C26H29N5O5S/c1-13(2)21(19-10-20(33)30-36-19)24(34)31-11-17(32)9-18(31)23-28-25(35)26(4,29-23)16-7-5-15(6-8-16)22-14(3)27-12-37-22/h5-8,10,12-13,17-18,21,32H,9,11H2,1-4H3,(H,30,33)(H,28,29,35). The molecule has 4 heterocycles. The second-order valence-corrected chi connectivity index (χ2v) is 11.0. The SMILES string of the molecule is Cc1ncsc1-c1ccc(C2(C)NC(C3CC(O)CN3C(=O)C(c3cc(O)no3)C(C)C)=NC2=O)cc1. The second kappa shape index (κ2) is 9.38. The van der Waals surface area contributed by atoms with E-state index in [2.05, 4.69) is 20.4 Å². The number of aromatic hydroxyl groups is 1. The van der Waals surface area contributed by atoms with Crippen LogP contribution in [0, 0.1) is 12.8 Å². The van der Waals surface area contributed by atoms with Crippen molar-refractivity contribution in [2.45, 2.75) is 57.7 Å². The number of carbonyl (C=O) groups excluding carboxylic acids is 2. The van der Waals surface area contributed by atoms with Crippen molar-refractivity contribution < 1.29 is 24.3 Å². The zero-order chi connectivity index (χ0) is 26.5. The number of amidine groups is 1. The zero-order valence-corrected chi connectivity index (χ0v) is 21.8. The molecule has 1 fully saturated rings. The van der Waals surface area contributed by atoms with Crippen LogP contribution >= 0.6 is 11.3 Å². The normalized spacial score (nSPS) is 24.4. The number of aliphatic imine (C=N–C) groups is 1. The maximum Gasteiger partial charge on any atom is 0.277 e. The van der Waals surface area contributed by atoms with Crippen LogP contribution in [0.2, 0.25) is 0 Å². The molecule has 10 nitrogen and oxygen atoms in total. The van der Waals surface area contributed by atoms with Crippen LogP contribution in [0.4, 0.5) is 0 Å². The molecule has 4 unspecified atom stereocenters. The summed E-state index contributed by atoms with van der Waals surface area (Å²) >= 11 is 1.56. The second-order valence-electron chi connectivity index (χ2n) is 10.1. The van der Waals surface area contributed by atoms with Gasteiger partial charge in [-0.05, 0) is 36.0 Å². The van der Waals surface area contributed by atoms with Crippen LogP contribution in [0.3, 0.4) is 0 Å². The number of carbonyl (C=O) groups is 2. The number of nitrogens with zero attached hydrogens (tertiary/aromatic N) is 4. The molecule has 1 saturated heterocycles. The van der Waals surface area contributed by atoms with Gasteiger partial charge in [-0.15, -0.1) is 11.3 Å². The molecule has 0 aliphatic carbocycles. The molecule has 194 valence electrons. The van der Waals surface area contributed by atoms with Crippen molar-refractivity contribution >= 4 is 29.0 Å². The van der Waals surface area contributed by atoms with E-state index in [1.807, 2.05) is 45.0 Å². The van der Waals surface area contributed by atoms with Gasteiger partial charge in [-0.3, -0.25) is 9.59 Å². The van der Waals surface area contributed by atoms with Gasteiger partial charge in [0, 0.05) is 19.0 Å². The first-order valence-corrected chi connectivity index (χ1v) is 13.0. The van der Waals surface area contributed by atoms with E-state index in [0.29, 0.717) is 5.84 Å².